The van der Waals surface area contributed by atoms with Gasteiger partial charge in [0.05, 0.1) is 12.3 Å². The Morgan fingerprint density at radius 3 is 2.50 bits per heavy atom. The van der Waals surface area contributed by atoms with Crippen molar-refractivity contribution < 1.29 is 14.3 Å². The van der Waals surface area contributed by atoms with Crippen molar-refractivity contribution in [3.05, 3.63) is 108 Å². The number of carbonyl (C=O) groups excluding carboxylic acids is 1. The van der Waals surface area contributed by atoms with Gasteiger partial charge >= 0.3 is 0 Å². The number of hydrogen-bond donors (Lipinski definition) is 2. The summed E-state index contributed by atoms with van der Waals surface area (Å²) in [7, 11) is 0. The largest absolute Gasteiger partial charge is 0.508 e. The lowest BCUT2D eigenvalue weighted by atomic mass is 9.98. The number of nitrogens with zero attached hydrogens (tertiary/aromatic N) is 1. The number of rotatable bonds is 8. The molecule has 1 amide bonds. The maximum atomic E-state index is 12.9. The topological polar surface area (TPSA) is 75.4 Å². The third-order valence-electron chi connectivity index (χ3n) is 6.19. The van der Waals surface area contributed by atoms with Crippen molar-refractivity contribution in [1.82, 2.24) is 10.3 Å². The second-order valence-electron chi connectivity index (χ2n) is 8.50. The second-order valence-corrected chi connectivity index (χ2v) is 8.50. The number of aromatic nitrogens is 1. The van der Waals surface area contributed by atoms with Crippen LogP contribution in [0.2, 0.25) is 0 Å². The number of phenols is 1. The van der Waals surface area contributed by atoms with Gasteiger partial charge in [0, 0.05) is 6.54 Å². The highest BCUT2D eigenvalue weighted by Crippen LogP contribution is 2.27. The zero-order valence-electron chi connectivity index (χ0n) is 18.8. The number of hydrogen-bond acceptors (Lipinski definition) is 4. The molecule has 0 aliphatic rings. The first-order chi connectivity index (χ1) is 16.7. The second kappa shape index (κ2) is 9.79. The Balaban J connectivity index is 1.32. The lowest BCUT2D eigenvalue weighted by molar-refractivity contribution is -0.120. The molecule has 4 aromatic carbocycles. The van der Waals surface area contributed by atoms with E-state index in [1.165, 1.54) is 0 Å². The van der Waals surface area contributed by atoms with Crippen molar-refractivity contribution in [2.75, 3.05) is 6.54 Å². The Morgan fingerprint density at radius 1 is 0.882 bits per heavy atom. The van der Waals surface area contributed by atoms with Crippen LogP contribution in [0.4, 0.5) is 0 Å². The molecule has 0 saturated heterocycles. The van der Waals surface area contributed by atoms with Gasteiger partial charge in [0.2, 0.25) is 5.91 Å². The van der Waals surface area contributed by atoms with Crippen LogP contribution < -0.4 is 5.32 Å². The van der Waals surface area contributed by atoms with E-state index >= 15 is 0 Å². The summed E-state index contributed by atoms with van der Waals surface area (Å²) in [5.74, 6) is 0.712. The van der Waals surface area contributed by atoms with E-state index in [9.17, 15) is 9.90 Å². The Labute approximate surface area is 198 Å². The molecule has 1 aromatic heterocycles. The predicted octanol–water partition coefficient (Wildman–Crippen LogP) is 5.76. The molecule has 34 heavy (non-hydrogen) atoms. The van der Waals surface area contributed by atoms with Crippen LogP contribution in [0.1, 0.15) is 29.4 Å². The fraction of sp³-hybridized carbons (Fsp3) is 0.172. The van der Waals surface area contributed by atoms with Gasteiger partial charge < -0.3 is 14.8 Å². The molecule has 0 radical (unpaired) electrons. The molecule has 5 heteroatoms. The summed E-state index contributed by atoms with van der Waals surface area (Å²) in [5, 5.41) is 15.5. The lowest BCUT2D eigenvalue weighted by Gasteiger charge is -2.15. The molecule has 0 aliphatic carbocycles. The number of benzene rings is 4. The average Bonchev–Trinajstić information content (AvgIpc) is 3.29. The average molecular weight is 451 g/mol. The molecule has 0 bridgehead atoms. The summed E-state index contributed by atoms with van der Waals surface area (Å²) in [6.45, 7) is 0.407. The summed E-state index contributed by atoms with van der Waals surface area (Å²) < 4.78 is 6.03. The van der Waals surface area contributed by atoms with Gasteiger partial charge in [-0.2, -0.15) is 0 Å². The SMILES string of the molecule is O=C(Cc1cccc2ccccc12)NCC(CCc1ccccc1O)c1nc2ccccc2o1. The number of amides is 1. The molecule has 5 aromatic rings. The van der Waals surface area contributed by atoms with Crippen LogP contribution in [-0.2, 0) is 17.6 Å². The number of aromatic hydroxyl groups is 1. The van der Waals surface area contributed by atoms with Crippen LogP contribution in [0, 0.1) is 0 Å². The summed E-state index contributed by atoms with van der Waals surface area (Å²) >= 11 is 0. The Kier molecular flexibility index (Phi) is 6.25. The fourth-order valence-electron chi connectivity index (χ4n) is 4.35. The molecule has 2 N–H and O–H groups in total. The number of aryl methyl sites for hydroxylation is 1. The Hall–Kier alpha value is -4.12. The first-order valence-electron chi connectivity index (χ1n) is 11.5. The molecular formula is C29H26N2O3. The molecule has 0 aliphatic heterocycles. The minimum absolute atomic E-state index is 0.0416. The first kappa shape index (κ1) is 21.7. The molecule has 170 valence electrons. The predicted molar refractivity (Wildman–Crippen MR) is 134 cm³/mol. The molecule has 1 unspecified atom stereocenters. The maximum Gasteiger partial charge on any atom is 0.224 e. The molecule has 1 heterocycles. The third kappa shape index (κ3) is 4.79. The van der Waals surface area contributed by atoms with Crippen molar-refractivity contribution in [2.24, 2.45) is 0 Å². The van der Waals surface area contributed by atoms with Gasteiger partial charge in [0.1, 0.15) is 11.3 Å². The van der Waals surface area contributed by atoms with Gasteiger partial charge in [0.15, 0.2) is 11.5 Å². The normalized spacial score (nSPS) is 12.1. The van der Waals surface area contributed by atoms with Gasteiger partial charge in [-0.15, -0.1) is 0 Å². The van der Waals surface area contributed by atoms with Gasteiger partial charge in [-0.25, -0.2) is 4.98 Å². The fourth-order valence-corrected chi connectivity index (χ4v) is 4.35. The van der Waals surface area contributed by atoms with Crippen molar-refractivity contribution in [1.29, 1.82) is 0 Å². The van der Waals surface area contributed by atoms with Crippen molar-refractivity contribution in [2.45, 2.75) is 25.2 Å². The molecular weight excluding hydrogens is 424 g/mol. The molecule has 0 saturated carbocycles. The van der Waals surface area contributed by atoms with E-state index in [-0.39, 0.29) is 17.6 Å². The molecule has 0 spiro atoms. The van der Waals surface area contributed by atoms with Crippen LogP contribution in [0.3, 0.4) is 0 Å². The minimum atomic E-state index is -0.122. The smallest absolute Gasteiger partial charge is 0.224 e. The van der Waals surface area contributed by atoms with Gasteiger partial charge in [-0.3, -0.25) is 4.79 Å². The third-order valence-corrected chi connectivity index (χ3v) is 6.19. The number of oxazole rings is 1. The van der Waals surface area contributed by atoms with E-state index in [1.54, 1.807) is 6.07 Å². The van der Waals surface area contributed by atoms with E-state index in [4.69, 9.17) is 4.42 Å². The Morgan fingerprint density at radius 2 is 1.62 bits per heavy atom. The van der Waals surface area contributed by atoms with Crippen LogP contribution in [0.5, 0.6) is 5.75 Å². The zero-order valence-corrected chi connectivity index (χ0v) is 18.8. The molecule has 5 nitrogen and oxygen atoms in total. The lowest BCUT2D eigenvalue weighted by Crippen LogP contribution is -2.30. The summed E-state index contributed by atoms with van der Waals surface area (Å²) in [6.07, 6.45) is 1.63. The van der Waals surface area contributed by atoms with E-state index in [1.807, 2.05) is 72.8 Å². The Bertz CT molecular complexity index is 1400. The van der Waals surface area contributed by atoms with Gasteiger partial charge in [0.25, 0.3) is 0 Å². The molecule has 1 atom stereocenters. The van der Waals surface area contributed by atoms with E-state index in [0.29, 0.717) is 31.7 Å². The summed E-state index contributed by atoms with van der Waals surface area (Å²) in [5.41, 5.74) is 3.40. The van der Waals surface area contributed by atoms with Crippen LogP contribution in [0.25, 0.3) is 21.9 Å². The van der Waals surface area contributed by atoms with Crippen LogP contribution >= 0.6 is 0 Å². The molecule has 0 fully saturated rings. The summed E-state index contributed by atoms with van der Waals surface area (Å²) in [4.78, 5) is 17.6. The maximum absolute atomic E-state index is 12.9. The zero-order chi connectivity index (χ0) is 23.3. The van der Waals surface area contributed by atoms with E-state index < -0.39 is 0 Å². The number of fused-ring (bicyclic) bond motifs is 2. The quantitative estimate of drug-likeness (QED) is 0.315. The number of nitrogens with one attached hydrogen (secondary N) is 1. The van der Waals surface area contributed by atoms with E-state index in [0.717, 1.165) is 33.0 Å². The molecule has 5 rings (SSSR count). The van der Waals surface area contributed by atoms with Gasteiger partial charge in [-0.05, 0) is 52.9 Å². The summed E-state index contributed by atoms with van der Waals surface area (Å²) in [6, 6.07) is 29.1. The standard InChI is InChI=1S/C29H26N2O3/c32-26-14-5-2-9-21(26)16-17-23(29-31-25-13-4-6-15-27(25)34-29)19-30-28(33)18-22-11-7-10-20-8-1-3-12-24(20)22/h1-15,23,32H,16-19H2,(H,30,33). The van der Waals surface area contributed by atoms with Crippen LogP contribution in [0.15, 0.2) is 95.4 Å². The highest BCUT2D eigenvalue weighted by Gasteiger charge is 2.20. The number of para-hydroxylation sites is 3. The highest BCUT2D eigenvalue weighted by molar-refractivity contribution is 5.90. The van der Waals surface area contributed by atoms with Crippen LogP contribution in [-0.4, -0.2) is 22.5 Å². The first-order valence-corrected chi connectivity index (χ1v) is 11.5. The minimum Gasteiger partial charge on any atom is -0.508 e. The van der Waals surface area contributed by atoms with Crippen molar-refractivity contribution in [3.8, 4) is 5.75 Å². The van der Waals surface area contributed by atoms with Crippen molar-refractivity contribution in [3.63, 3.8) is 0 Å². The number of carbonyl (C=O) groups is 1. The van der Waals surface area contributed by atoms with Crippen molar-refractivity contribution >= 4 is 27.8 Å². The highest BCUT2D eigenvalue weighted by atomic mass is 16.3. The number of phenolic OH excluding ortho intramolecular Hbond substituents is 1. The monoisotopic (exact) mass is 450 g/mol. The van der Waals surface area contributed by atoms with Gasteiger partial charge in [-0.1, -0.05) is 72.8 Å². The van der Waals surface area contributed by atoms with E-state index in [2.05, 4.69) is 22.4 Å².